The molecule has 0 bridgehead atoms. The van der Waals surface area contributed by atoms with Gasteiger partial charge < -0.3 is 9.47 Å². The topological polar surface area (TPSA) is 18.5 Å². The van der Waals surface area contributed by atoms with Crippen molar-refractivity contribution in [2.45, 2.75) is 13.0 Å². The zero-order valence-corrected chi connectivity index (χ0v) is 15.4. The Balaban J connectivity index is 1.70. The van der Waals surface area contributed by atoms with Crippen molar-refractivity contribution in [3.8, 4) is 11.5 Å². The van der Waals surface area contributed by atoms with Crippen molar-refractivity contribution in [1.29, 1.82) is 0 Å². The fourth-order valence-electron chi connectivity index (χ4n) is 3.25. The maximum atomic E-state index is 6.23. The Hall–Kier alpha value is -3.26. The second-order valence-corrected chi connectivity index (χ2v) is 6.61. The monoisotopic (exact) mass is 354 g/mol. The van der Waals surface area contributed by atoms with Gasteiger partial charge in [-0.15, -0.1) is 0 Å². The molecule has 0 amide bonds. The molecule has 0 radical (unpaired) electrons. The van der Waals surface area contributed by atoms with E-state index in [0.29, 0.717) is 6.61 Å². The van der Waals surface area contributed by atoms with E-state index in [9.17, 15) is 0 Å². The molecular weight excluding hydrogens is 332 g/mol. The van der Waals surface area contributed by atoms with Gasteiger partial charge in [0.2, 0.25) is 0 Å². The lowest BCUT2D eigenvalue weighted by Crippen LogP contribution is -2.00. The molecular formula is C25H22O2. The number of rotatable bonds is 6. The number of fused-ring (bicyclic) bond motifs is 1. The smallest absolute Gasteiger partial charge is 0.123 e. The Morgan fingerprint density at radius 2 is 1.37 bits per heavy atom. The summed E-state index contributed by atoms with van der Waals surface area (Å²) in [5.74, 6) is 1.80. The van der Waals surface area contributed by atoms with Crippen LogP contribution in [0.5, 0.6) is 11.5 Å². The van der Waals surface area contributed by atoms with Crippen LogP contribution in [0.25, 0.3) is 10.8 Å². The van der Waals surface area contributed by atoms with Gasteiger partial charge in [-0.25, -0.2) is 0 Å². The molecule has 0 N–H and O–H groups in total. The van der Waals surface area contributed by atoms with E-state index in [0.717, 1.165) is 34.3 Å². The summed E-state index contributed by atoms with van der Waals surface area (Å²) in [5, 5.41) is 2.31. The summed E-state index contributed by atoms with van der Waals surface area (Å²) in [6.07, 6.45) is 0.831. The van der Waals surface area contributed by atoms with E-state index >= 15 is 0 Å². The van der Waals surface area contributed by atoms with Crippen LogP contribution in [0.1, 0.15) is 16.7 Å². The molecule has 134 valence electrons. The maximum Gasteiger partial charge on any atom is 0.123 e. The van der Waals surface area contributed by atoms with Crippen molar-refractivity contribution in [2.24, 2.45) is 0 Å². The molecule has 4 rings (SSSR count). The van der Waals surface area contributed by atoms with Gasteiger partial charge in [-0.1, -0.05) is 66.7 Å². The minimum absolute atomic E-state index is 0.560. The third-order valence-corrected chi connectivity index (χ3v) is 4.70. The van der Waals surface area contributed by atoms with E-state index in [1.54, 1.807) is 7.11 Å². The first kappa shape index (κ1) is 17.2. The number of ether oxygens (including phenoxy) is 2. The summed E-state index contributed by atoms with van der Waals surface area (Å²) < 4.78 is 11.6. The fraction of sp³-hybridized carbons (Fsp3) is 0.120. The standard InChI is InChI=1S/C25H22O2/c1-26-24-13-12-21-17-25(27-18-20-10-6-3-7-11-20)23(15-22(21)16-24)14-19-8-4-2-5-9-19/h2-13,15-17H,14,18H2,1H3. The van der Waals surface area contributed by atoms with E-state index < -0.39 is 0 Å². The van der Waals surface area contributed by atoms with Crippen LogP contribution in [0.15, 0.2) is 91.0 Å². The van der Waals surface area contributed by atoms with Gasteiger partial charge in [-0.05, 0) is 51.7 Å². The highest BCUT2D eigenvalue weighted by Crippen LogP contribution is 2.31. The molecule has 2 nitrogen and oxygen atoms in total. The van der Waals surface area contributed by atoms with Gasteiger partial charge in [-0.2, -0.15) is 0 Å². The van der Waals surface area contributed by atoms with E-state index in [2.05, 4.69) is 60.7 Å². The molecule has 0 spiro atoms. The minimum atomic E-state index is 0.560. The van der Waals surface area contributed by atoms with Crippen molar-refractivity contribution in [3.63, 3.8) is 0 Å². The molecule has 0 aliphatic carbocycles. The predicted octanol–water partition coefficient (Wildman–Crippen LogP) is 6.02. The molecule has 0 atom stereocenters. The third kappa shape index (κ3) is 4.12. The molecule has 0 aliphatic heterocycles. The highest BCUT2D eigenvalue weighted by molar-refractivity contribution is 5.86. The molecule has 0 unspecified atom stereocenters. The molecule has 4 aromatic rings. The van der Waals surface area contributed by atoms with Gasteiger partial charge in [0.25, 0.3) is 0 Å². The minimum Gasteiger partial charge on any atom is -0.497 e. The highest BCUT2D eigenvalue weighted by Gasteiger charge is 2.09. The first-order valence-electron chi connectivity index (χ1n) is 9.13. The zero-order chi connectivity index (χ0) is 18.5. The quantitative estimate of drug-likeness (QED) is 0.422. The lowest BCUT2D eigenvalue weighted by Gasteiger charge is -2.14. The summed E-state index contributed by atoms with van der Waals surface area (Å²) in [5.41, 5.74) is 3.61. The normalized spacial score (nSPS) is 10.7. The van der Waals surface area contributed by atoms with Crippen LogP contribution >= 0.6 is 0 Å². The average Bonchev–Trinajstić information content (AvgIpc) is 2.73. The molecule has 0 aliphatic rings. The summed E-state index contributed by atoms with van der Waals surface area (Å²) in [6, 6.07) is 31.2. The largest absolute Gasteiger partial charge is 0.497 e. The first-order chi connectivity index (χ1) is 13.3. The summed E-state index contributed by atoms with van der Waals surface area (Å²) in [6.45, 7) is 0.560. The molecule has 0 saturated heterocycles. The second kappa shape index (κ2) is 7.96. The van der Waals surface area contributed by atoms with Crippen molar-refractivity contribution in [2.75, 3.05) is 7.11 Å². The summed E-state index contributed by atoms with van der Waals surface area (Å²) in [4.78, 5) is 0. The lowest BCUT2D eigenvalue weighted by molar-refractivity contribution is 0.304. The van der Waals surface area contributed by atoms with Gasteiger partial charge in [0.15, 0.2) is 0 Å². The third-order valence-electron chi connectivity index (χ3n) is 4.70. The summed E-state index contributed by atoms with van der Waals surface area (Å²) >= 11 is 0. The van der Waals surface area contributed by atoms with E-state index in [1.807, 2.05) is 30.3 Å². The Morgan fingerprint density at radius 1 is 0.667 bits per heavy atom. The van der Waals surface area contributed by atoms with Crippen molar-refractivity contribution >= 4 is 10.8 Å². The lowest BCUT2D eigenvalue weighted by atomic mass is 10.00. The van der Waals surface area contributed by atoms with Crippen LogP contribution in [-0.4, -0.2) is 7.11 Å². The molecule has 27 heavy (non-hydrogen) atoms. The highest BCUT2D eigenvalue weighted by atomic mass is 16.5. The van der Waals surface area contributed by atoms with Crippen LogP contribution in [0, 0.1) is 0 Å². The van der Waals surface area contributed by atoms with E-state index in [4.69, 9.17) is 9.47 Å². The van der Waals surface area contributed by atoms with Crippen LogP contribution in [0.4, 0.5) is 0 Å². The Kier molecular flexibility index (Phi) is 5.06. The Morgan fingerprint density at radius 3 is 2.07 bits per heavy atom. The Labute approximate surface area is 160 Å². The van der Waals surface area contributed by atoms with E-state index in [-0.39, 0.29) is 0 Å². The molecule has 0 fully saturated rings. The zero-order valence-electron chi connectivity index (χ0n) is 15.4. The molecule has 0 heterocycles. The average molecular weight is 354 g/mol. The fourth-order valence-corrected chi connectivity index (χ4v) is 3.25. The van der Waals surface area contributed by atoms with Crippen molar-refractivity contribution in [1.82, 2.24) is 0 Å². The first-order valence-corrected chi connectivity index (χ1v) is 9.13. The number of hydrogen-bond donors (Lipinski definition) is 0. The van der Waals surface area contributed by atoms with Gasteiger partial charge in [0.1, 0.15) is 18.1 Å². The molecule has 0 aromatic heterocycles. The van der Waals surface area contributed by atoms with Gasteiger partial charge in [0, 0.05) is 6.42 Å². The van der Waals surface area contributed by atoms with Crippen LogP contribution < -0.4 is 9.47 Å². The predicted molar refractivity (Wildman–Crippen MR) is 111 cm³/mol. The molecule has 0 saturated carbocycles. The van der Waals surface area contributed by atoms with E-state index in [1.165, 1.54) is 11.1 Å². The van der Waals surface area contributed by atoms with Gasteiger partial charge in [0.05, 0.1) is 7.11 Å². The number of benzene rings is 4. The molecule has 2 heteroatoms. The summed E-state index contributed by atoms with van der Waals surface area (Å²) in [7, 11) is 1.70. The molecule has 4 aromatic carbocycles. The maximum absolute atomic E-state index is 6.23. The van der Waals surface area contributed by atoms with Gasteiger partial charge >= 0.3 is 0 Å². The number of hydrogen-bond acceptors (Lipinski definition) is 2. The van der Waals surface area contributed by atoms with Gasteiger partial charge in [-0.3, -0.25) is 0 Å². The van der Waals surface area contributed by atoms with Crippen molar-refractivity contribution < 1.29 is 9.47 Å². The SMILES string of the molecule is COc1ccc2cc(OCc3ccccc3)c(Cc3ccccc3)cc2c1. The number of methoxy groups -OCH3 is 1. The Bertz CT molecular complexity index is 1020. The van der Waals surface area contributed by atoms with Crippen LogP contribution in [0.3, 0.4) is 0 Å². The van der Waals surface area contributed by atoms with Crippen molar-refractivity contribution in [3.05, 3.63) is 108 Å². The van der Waals surface area contributed by atoms with Crippen LogP contribution in [-0.2, 0) is 13.0 Å². The second-order valence-electron chi connectivity index (χ2n) is 6.61. The van der Waals surface area contributed by atoms with Crippen LogP contribution in [0.2, 0.25) is 0 Å².